The van der Waals surface area contributed by atoms with Gasteiger partial charge >= 0.3 is 0 Å². The lowest BCUT2D eigenvalue weighted by Gasteiger charge is -2.07. The Balaban J connectivity index is 2.64. The fourth-order valence-electron chi connectivity index (χ4n) is 1.31. The number of rotatable bonds is 1. The van der Waals surface area contributed by atoms with Crippen molar-refractivity contribution in [1.29, 1.82) is 0 Å². The van der Waals surface area contributed by atoms with E-state index in [9.17, 15) is 0 Å². The van der Waals surface area contributed by atoms with Gasteiger partial charge in [0.25, 0.3) is 0 Å². The first-order chi connectivity index (χ1) is 7.99. The van der Waals surface area contributed by atoms with Crippen LogP contribution in [-0.4, -0.2) is 9.97 Å². The first kappa shape index (κ1) is 13.3. The largest absolute Gasteiger partial charge is 0.232 e. The van der Waals surface area contributed by atoms with Gasteiger partial charge in [0.2, 0.25) is 0 Å². The van der Waals surface area contributed by atoms with E-state index in [-0.39, 0.29) is 0 Å². The average Bonchev–Trinajstić information content (AvgIpc) is 2.28. The van der Waals surface area contributed by atoms with Gasteiger partial charge < -0.3 is 0 Å². The van der Waals surface area contributed by atoms with Gasteiger partial charge in [-0.15, -0.1) is 0 Å². The van der Waals surface area contributed by atoms with Crippen molar-refractivity contribution in [3.05, 3.63) is 43.0 Å². The molecule has 6 heteroatoms. The predicted molar refractivity (Wildman–Crippen MR) is 77.6 cm³/mol. The topological polar surface area (TPSA) is 25.8 Å². The Morgan fingerprint density at radius 2 is 1.82 bits per heavy atom. The minimum absolute atomic E-state index is 0.378. The van der Waals surface area contributed by atoms with Crippen LogP contribution in [0, 0.1) is 6.92 Å². The van der Waals surface area contributed by atoms with Gasteiger partial charge in [-0.05, 0) is 41.1 Å². The van der Waals surface area contributed by atoms with Gasteiger partial charge in [-0.1, -0.05) is 39.1 Å². The number of aromatic nitrogens is 2. The summed E-state index contributed by atoms with van der Waals surface area (Å²) in [4.78, 5) is 8.57. The fraction of sp³-hybridized carbons (Fsp3) is 0.0909. The molecule has 0 aliphatic heterocycles. The summed E-state index contributed by atoms with van der Waals surface area (Å²) < 4.78 is 1.62. The quantitative estimate of drug-likeness (QED) is 0.612. The third-order valence-electron chi connectivity index (χ3n) is 2.15. The molecule has 0 saturated carbocycles. The second kappa shape index (κ2) is 5.22. The summed E-state index contributed by atoms with van der Waals surface area (Å²) in [5.41, 5.74) is 1.52. The molecule has 0 radical (unpaired) electrons. The molecule has 2 rings (SSSR count). The second-order valence-electron chi connectivity index (χ2n) is 3.36. The summed E-state index contributed by atoms with van der Waals surface area (Å²) in [7, 11) is 0. The molecular weight excluding hydrogens is 391 g/mol. The summed E-state index contributed by atoms with van der Waals surface area (Å²) >= 11 is 18.8. The molecule has 0 amide bonds. The maximum Gasteiger partial charge on any atom is 0.162 e. The highest BCUT2D eigenvalue weighted by atomic mass is 79.9. The molecule has 2 aromatic rings. The zero-order chi connectivity index (χ0) is 12.6. The van der Waals surface area contributed by atoms with E-state index in [2.05, 4.69) is 41.8 Å². The van der Waals surface area contributed by atoms with E-state index >= 15 is 0 Å². The van der Waals surface area contributed by atoms with Gasteiger partial charge in [-0.2, -0.15) is 0 Å². The molecule has 1 heterocycles. The van der Waals surface area contributed by atoms with E-state index in [0.29, 0.717) is 20.5 Å². The molecule has 0 spiro atoms. The number of hydrogen-bond donors (Lipinski definition) is 0. The molecule has 0 aliphatic carbocycles. The van der Waals surface area contributed by atoms with Crippen LogP contribution in [0.1, 0.15) is 5.69 Å². The molecule has 0 unspecified atom stereocenters. The van der Waals surface area contributed by atoms with Gasteiger partial charge in [-0.3, -0.25) is 0 Å². The van der Waals surface area contributed by atoms with Crippen LogP contribution in [0.25, 0.3) is 11.4 Å². The molecule has 0 fully saturated rings. The maximum atomic E-state index is 6.12. The standard InChI is InChI=1S/C11H6Br2Cl2N2/c1-5-9(13)10(15)17-11(16-5)7-4-6(12)2-3-8(7)14/h2-4H,1H3. The van der Waals surface area contributed by atoms with Crippen LogP contribution < -0.4 is 0 Å². The zero-order valence-corrected chi connectivity index (χ0v) is 13.3. The van der Waals surface area contributed by atoms with Crippen molar-refractivity contribution < 1.29 is 0 Å². The Bertz CT molecular complexity index is 565. The van der Waals surface area contributed by atoms with E-state index in [4.69, 9.17) is 23.2 Å². The molecule has 0 atom stereocenters. The van der Waals surface area contributed by atoms with Crippen LogP contribution in [0.2, 0.25) is 10.2 Å². The molecule has 0 aliphatic rings. The fourth-order valence-corrected chi connectivity index (χ4v) is 2.27. The maximum absolute atomic E-state index is 6.12. The summed E-state index contributed by atoms with van der Waals surface area (Å²) in [6.45, 7) is 1.85. The van der Waals surface area contributed by atoms with Crippen LogP contribution in [0.4, 0.5) is 0 Å². The normalized spacial score (nSPS) is 10.6. The lowest BCUT2D eigenvalue weighted by molar-refractivity contribution is 1.09. The second-order valence-corrected chi connectivity index (χ2v) is 5.84. The number of hydrogen-bond acceptors (Lipinski definition) is 2. The molecule has 1 aromatic heterocycles. The van der Waals surface area contributed by atoms with Crippen molar-refractivity contribution in [1.82, 2.24) is 9.97 Å². The molecule has 2 nitrogen and oxygen atoms in total. The van der Waals surface area contributed by atoms with Crippen molar-refractivity contribution in [3.8, 4) is 11.4 Å². The Labute approximate surface area is 126 Å². The van der Waals surface area contributed by atoms with Crippen LogP contribution in [-0.2, 0) is 0 Å². The van der Waals surface area contributed by atoms with Gasteiger partial charge in [0.05, 0.1) is 15.2 Å². The van der Waals surface area contributed by atoms with Crippen molar-refractivity contribution in [2.75, 3.05) is 0 Å². The van der Waals surface area contributed by atoms with Crippen molar-refractivity contribution in [2.24, 2.45) is 0 Å². The first-order valence-electron chi connectivity index (χ1n) is 4.64. The summed E-state index contributed by atoms with van der Waals surface area (Å²) in [6, 6.07) is 5.51. The number of halogens is 4. The first-order valence-corrected chi connectivity index (χ1v) is 6.98. The number of benzene rings is 1. The third kappa shape index (κ3) is 2.81. The number of nitrogens with zero attached hydrogens (tertiary/aromatic N) is 2. The monoisotopic (exact) mass is 394 g/mol. The summed E-state index contributed by atoms with van der Waals surface area (Å²) in [6.07, 6.45) is 0. The highest BCUT2D eigenvalue weighted by molar-refractivity contribution is 9.10. The van der Waals surface area contributed by atoms with Gasteiger partial charge in [0, 0.05) is 10.0 Å². The molecule has 0 bridgehead atoms. The van der Waals surface area contributed by atoms with E-state index in [1.807, 2.05) is 19.1 Å². The van der Waals surface area contributed by atoms with Crippen molar-refractivity contribution in [2.45, 2.75) is 6.92 Å². The van der Waals surface area contributed by atoms with E-state index < -0.39 is 0 Å². The SMILES string of the molecule is Cc1nc(-c2cc(Br)ccc2Cl)nc(Cl)c1Br. The van der Waals surface area contributed by atoms with Crippen LogP contribution in [0.3, 0.4) is 0 Å². The lowest BCUT2D eigenvalue weighted by atomic mass is 10.2. The molecule has 17 heavy (non-hydrogen) atoms. The summed E-state index contributed by atoms with van der Waals surface area (Å²) in [5, 5.41) is 0.967. The lowest BCUT2D eigenvalue weighted by Crippen LogP contribution is -1.95. The highest BCUT2D eigenvalue weighted by Gasteiger charge is 2.12. The average molecular weight is 397 g/mol. The van der Waals surface area contributed by atoms with Gasteiger partial charge in [0.1, 0.15) is 5.15 Å². The van der Waals surface area contributed by atoms with Crippen LogP contribution in [0.5, 0.6) is 0 Å². The van der Waals surface area contributed by atoms with Crippen molar-refractivity contribution >= 4 is 55.1 Å². The molecule has 88 valence electrons. The minimum Gasteiger partial charge on any atom is -0.232 e. The Morgan fingerprint density at radius 3 is 2.47 bits per heavy atom. The highest BCUT2D eigenvalue weighted by Crippen LogP contribution is 2.31. The van der Waals surface area contributed by atoms with Crippen LogP contribution >= 0.6 is 55.1 Å². The summed E-state index contributed by atoms with van der Waals surface area (Å²) in [5.74, 6) is 0.516. The molecule has 0 saturated heterocycles. The zero-order valence-electron chi connectivity index (χ0n) is 8.64. The minimum atomic E-state index is 0.378. The van der Waals surface area contributed by atoms with Crippen molar-refractivity contribution in [3.63, 3.8) is 0 Å². The molecular formula is C11H6Br2Cl2N2. The van der Waals surface area contributed by atoms with E-state index in [0.717, 1.165) is 15.7 Å². The Kier molecular flexibility index (Phi) is 4.08. The van der Waals surface area contributed by atoms with Crippen LogP contribution in [0.15, 0.2) is 27.1 Å². The molecule has 0 N–H and O–H groups in total. The Hall–Kier alpha value is -0.160. The number of aryl methyl sites for hydroxylation is 1. The third-order valence-corrected chi connectivity index (χ3v) is 4.42. The predicted octanol–water partition coefficient (Wildman–Crippen LogP) is 5.28. The van der Waals surface area contributed by atoms with E-state index in [1.165, 1.54) is 0 Å². The Morgan fingerprint density at radius 1 is 1.12 bits per heavy atom. The van der Waals surface area contributed by atoms with Gasteiger partial charge in [0.15, 0.2) is 5.82 Å². The van der Waals surface area contributed by atoms with E-state index in [1.54, 1.807) is 6.07 Å². The smallest absolute Gasteiger partial charge is 0.162 e. The molecule has 1 aromatic carbocycles. The van der Waals surface area contributed by atoms with Gasteiger partial charge in [-0.25, -0.2) is 9.97 Å².